The SMILES string of the molecule is Cc1ccc(F)cc1S(=O)(=O)Nc1nc(C(C)C)ns1. The fraction of sp³-hybridized carbons (Fsp3) is 0.333. The summed E-state index contributed by atoms with van der Waals surface area (Å²) >= 11 is 0.964. The van der Waals surface area contributed by atoms with Crippen LogP contribution in [-0.4, -0.2) is 17.8 Å². The number of halogens is 1. The van der Waals surface area contributed by atoms with E-state index in [1.165, 1.54) is 12.1 Å². The van der Waals surface area contributed by atoms with Crippen molar-refractivity contribution in [3.8, 4) is 0 Å². The van der Waals surface area contributed by atoms with Gasteiger partial charge in [-0.2, -0.15) is 4.37 Å². The van der Waals surface area contributed by atoms with Gasteiger partial charge in [0, 0.05) is 17.5 Å². The zero-order chi connectivity index (χ0) is 14.9. The first kappa shape index (κ1) is 14.9. The molecular formula is C12H14FN3O2S2. The maximum Gasteiger partial charge on any atom is 0.264 e. The molecule has 0 aliphatic rings. The summed E-state index contributed by atoms with van der Waals surface area (Å²) in [5, 5.41) is 0.178. The molecule has 0 saturated heterocycles. The summed E-state index contributed by atoms with van der Waals surface area (Å²) in [6.07, 6.45) is 0. The van der Waals surface area contributed by atoms with Crippen LogP contribution in [0.3, 0.4) is 0 Å². The van der Waals surface area contributed by atoms with E-state index in [9.17, 15) is 12.8 Å². The molecule has 0 saturated carbocycles. The van der Waals surface area contributed by atoms with Crippen LogP contribution in [0.1, 0.15) is 31.2 Å². The van der Waals surface area contributed by atoms with Crippen molar-refractivity contribution in [2.24, 2.45) is 0 Å². The molecule has 0 unspecified atom stereocenters. The van der Waals surface area contributed by atoms with Crippen molar-refractivity contribution < 1.29 is 12.8 Å². The molecule has 20 heavy (non-hydrogen) atoms. The van der Waals surface area contributed by atoms with Gasteiger partial charge in [-0.25, -0.2) is 17.8 Å². The van der Waals surface area contributed by atoms with E-state index in [1.54, 1.807) is 6.92 Å². The highest BCUT2D eigenvalue weighted by Crippen LogP contribution is 2.23. The van der Waals surface area contributed by atoms with Crippen LogP contribution in [0.4, 0.5) is 9.52 Å². The molecule has 0 amide bonds. The molecule has 0 radical (unpaired) electrons. The fourth-order valence-corrected chi connectivity index (χ4v) is 3.73. The minimum absolute atomic E-state index is 0.0983. The Bertz CT molecular complexity index is 726. The number of nitrogens with one attached hydrogen (secondary N) is 1. The van der Waals surface area contributed by atoms with Crippen LogP contribution in [0, 0.1) is 12.7 Å². The molecule has 0 spiro atoms. The number of nitrogens with zero attached hydrogens (tertiary/aromatic N) is 2. The largest absolute Gasteiger partial charge is 0.264 e. The summed E-state index contributed by atoms with van der Waals surface area (Å²) in [7, 11) is -3.86. The van der Waals surface area contributed by atoms with Crippen molar-refractivity contribution in [2.75, 3.05) is 4.72 Å². The van der Waals surface area contributed by atoms with Crippen LogP contribution in [0.15, 0.2) is 23.1 Å². The molecule has 1 aromatic heterocycles. The first-order valence-corrected chi connectivity index (χ1v) is 8.18. The highest BCUT2D eigenvalue weighted by atomic mass is 32.2. The average Bonchev–Trinajstić information content (AvgIpc) is 2.80. The number of hydrogen-bond donors (Lipinski definition) is 1. The summed E-state index contributed by atoms with van der Waals surface area (Å²) in [5.74, 6) is 0.0835. The molecule has 1 aromatic carbocycles. The van der Waals surface area contributed by atoms with E-state index in [1.807, 2.05) is 13.8 Å². The minimum Gasteiger partial charge on any atom is -0.253 e. The first-order chi connectivity index (χ1) is 9.29. The first-order valence-electron chi connectivity index (χ1n) is 5.92. The van der Waals surface area contributed by atoms with Gasteiger partial charge in [-0.05, 0) is 24.6 Å². The van der Waals surface area contributed by atoms with Gasteiger partial charge in [0.1, 0.15) is 11.6 Å². The van der Waals surface area contributed by atoms with Crippen molar-refractivity contribution in [3.05, 3.63) is 35.4 Å². The molecular weight excluding hydrogens is 301 g/mol. The van der Waals surface area contributed by atoms with Crippen LogP contribution < -0.4 is 4.72 Å². The minimum atomic E-state index is -3.86. The lowest BCUT2D eigenvalue weighted by Crippen LogP contribution is -2.14. The number of aryl methyl sites for hydroxylation is 1. The van der Waals surface area contributed by atoms with Crippen LogP contribution >= 0.6 is 11.5 Å². The van der Waals surface area contributed by atoms with E-state index in [4.69, 9.17) is 0 Å². The van der Waals surface area contributed by atoms with E-state index in [-0.39, 0.29) is 15.9 Å². The normalized spacial score (nSPS) is 11.8. The summed E-state index contributed by atoms with van der Waals surface area (Å²) in [6.45, 7) is 5.43. The molecule has 108 valence electrons. The number of hydrogen-bond acceptors (Lipinski definition) is 5. The standard InChI is InChI=1S/C12H14FN3O2S2/c1-7(2)11-14-12(19-15-11)16-20(17,18)10-6-9(13)5-4-8(10)3/h4-7H,1-3H3,(H,14,15,16). The molecule has 1 heterocycles. The van der Waals surface area contributed by atoms with Crippen molar-refractivity contribution >= 4 is 26.7 Å². The molecule has 1 N–H and O–H groups in total. The second-order valence-corrected chi connectivity index (χ2v) is 7.03. The molecule has 0 bridgehead atoms. The zero-order valence-electron chi connectivity index (χ0n) is 11.2. The third kappa shape index (κ3) is 3.13. The Hall–Kier alpha value is -1.54. The number of aromatic nitrogens is 2. The van der Waals surface area contributed by atoms with E-state index in [2.05, 4.69) is 14.1 Å². The number of rotatable bonds is 4. The second-order valence-electron chi connectivity index (χ2n) is 4.63. The Morgan fingerprint density at radius 2 is 2.05 bits per heavy atom. The van der Waals surface area contributed by atoms with Gasteiger partial charge in [0.05, 0.1) is 4.90 Å². The van der Waals surface area contributed by atoms with Gasteiger partial charge in [0.15, 0.2) is 0 Å². The smallest absolute Gasteiger partial charge is 0.253 e. The predicted octanol–water partition coefficient (Wildman–Crippen LogP) is 2.91. The van der Waals surface area contributed by atoms with Gasteiger partial charge in [-0.3, -0.25) is 4.72 Å². The molecule has 0 fully saturated rings. The van der Waals surface area contributed by atoms with Crippen molar-refractivity contribution in [3.63, 3.8) is 0 Å². The van der Waals surface area contributed by atoms with Crippen LogP contribution in [-0.2, 0) is 10.0 Å². The van der Waals surface area contributed by atoms with E-state index < -0.39 is 15.8 Å². The highest BCUT2D eigenvalue weighted by Gasteiger charge is 2.20. The van der Waals surface area contributed by atoms with Gasteiger partial charge < -0.3 is 0 Å². The monoisotopic (exact) mass is 315 g/mol. The van der Waals surface area contributed by atoms with Crippen molar-refractivity contribution in [2.45, 2.75) is 31.6 Å². The van der Waals surface area contributed by atoms with Crippen molar-refractivity contribution in [1.82, 2.24) is 9.36 Å². The zero-order valence-corrected chi connectivity index (χ0v) is 12.8. The lowest BCUT2D eigenvalue weighted by molar-refractivity contribution is 0.594. The van der Waals surface area contributed by atoms with Gasteiger partial charge >= 0.3 is 0 Å². The van der Waals surface area contributed by atoms with E-state index in [0.29, 0.717) is 11.4 Å². The molecule has 0 aliphatic carbocycles. The van der Waals surface area contributed by atoms with Gasteiger partial charge in [-0.1, -0.05) is 19.9 Å². The average molecular weight is 315 g/mol. The Morgan fingerprint density at radius 1 is 1.35 bits per heavy atom. The maximum absolute atomic E-state index is 13.2. The molecule has 8 heteroatoms. The number of benzene rings is 1. The van der Waals surface area contributed by atoms with Crippen LogP contribution in [0.25, 0.3) is 0 Å². The Balaban J connectivity index is 2.33. The summed E-state index contributed by atoms with van der Waals surface area (Å²) in [6, 6.07) is 3.63. The van der Waals surface area contributed by atoms with Crippen molar-refractivity contribution in [1.29, 1.82) is 0 Å². The van der Waals surface area contributed by atoms with Gasteiger partial charge in [-0.15, -0.1) is 0 Å². The molecule has 2 aromatic rings. The Labute approximate surface area is 121 Å². The third-order valence-electron chi connectivity index (χ3n) is 2.62. The van der Waals surface area contributed by atoms with E-state index >= 15 is 0 Å². The summed E-state index contributed by atoms with van der Waals surface area (Å²) in [5.41, 5.74) is 0.465. The van der Waals surface area contributed by atoms with Crippen LogP contribution in [0.5, 0.6) is 0 Å². The molecule has 5 nitrogen and oxygen atoms in total. The van der Waals surface area contributed by atoms with Crippen LogP contribution in [0.2, 0.25) is 0 Å². The maximum atomic E-state index is 13.2. The predicted molar refractivity (Wildman–Crippen MR) is 75.9 cm³/mol. The van der Waals surface area contributed by atoms with Gasteiger partial charge in [0.25, 0.3) is 10.0 Å². The topological polar surface area (TPSA) is 72.0 Å². The number of anilines is 1. The van der Waals surface area contributed by atoms with E-state index in [0.717, 1.165) is 17.6 Å². The lowest BCUT2D eigenvalue weighted by atomic mass is 10.2. The van der Waals surface area contributed by atoms with Gasteiger partial charge in [0.2, 0.25) is 5.13 Å². The Morgan fingerprint density at radius 3 is 2.65 bits per heavy atom. The lowest BCUT2D eigenvalue weighted by Gasteiger charge is -2.07. The number of sulfonamides is 1. The highest BCUT2D eigenvalue weighted by molar-refractivity contribution is 7.93. The fourth-order valence-electron chi connectivity index (χ4n) is 1.54. The summed E-state index contributed by atoms with van der Waals surface area (Å²) < 4.78 is 44.0. The third-order valence-corrected chi connectivity index (χ3v) is 4.87. The second kappa shape index (κ2) is 5.45. The quantitative estimate of drug-likeness (QED) is 0.941. The molecule has 2 rings (SSSR count). The summed E-state index contributed by atoms with van der Waals surface area (Å²) in [4.78, 5) is 4.00. The molecule has 0 atom stereocenters. The molecule has 0 aliphatic heterocycles. The Kier molecular flexibility index (Phi) is 4.05.